The van der Waals surface area contributed by atoms with Crippen LogP contribution in [0.15, 0.2) is 109 Å². The highest BCUT2D eigenvalue weighted by Crippen LogP contribution is 2.43. The molecule has 0 aromatic heterocycles. The molecule has 0 bridgehead atoms. The van der Waals surface area contributed by atoms with Gasteiger partial charge in [0.1, 0.15) is 19.3 Å². The van der Waals surface area contributed by atoms with Crippen LogP contribution in [0.2, 0.25) is 0 Å². The van der Waals surface area contributed by atoms with Crippen LogP contribution in [0.3, 0.4) is 0 Å². The topological polar surface area (TPSA) is 111 Å². The van der Waals surface area contributed by atoms with Gasteiger partial charge in [0, 0.05) is 12.8 Å². The Kier molecular flexibility index (Phi) is 55.4. The van der Waals surface area contributed by atoms with Gasteiger partial charge in [-0.3, -0.25) is 18.6 Å². The van der Waals surface area contributed by atoms with Gasteiger partial charge in [-0.25, -0.2) is 4.57 Å². The van der Waals surface area contributed by atoms with Crippen LogP contribution in [-0.2, 0) is 27.9 Å². The zero-order valence-electron chi connectivity index (χ0n) is 51.8. The predicted molar refractivity (Wildman–Crippen MR) is 341 cm³/mol. The number of hydrogen-bond acceptors (Lipinski definition) is 6. The number of carbonyl (C=O) groups excluding carboxylic acids is 2. The van der Waals surface area contributed by atoms with Gasteiger partial charge in [0.2, 0.25) is 5.91 Å². The molecule has 9 nitrogen and oxygen atoms in total. The van der Waals surface area contributed by atoms with E-state index in [0.717, 1.165) is 116 Å². The van der Waals surface area contributed by atoms with Crippen LogP contribution in [0, 0.1) is 0 Å². The fourth-order valence-corrected chi connectivity index (χ4v) is 9.47. The standard InChI is InChI=1S/C69H121N2O7P/c1-7-10-13-16-19-22-25-28-30-32-34-35-37-39-41-44-47-50-53-56-59-62-69(73)78-67(60-57-54-51-48-45-42-27-24-21-18-15-12-9-3)66(65-77-79(74,75)76-64-63-71(4,5)6)70-68(72)61-58-55-52-49-46-43-40-38-36-33-31-29-26-23-20-17-14-11-8-2/h11,14,19-20,22-23,28-31,34-36,38,43,46,57,60,66-67H,7-10,12-13,15-18,21,24-27,32-33,37,39-42,44-45,47-56,58-59,61-65H2,1-6H3,(H-,70,72,74,75)/p+1/b14-11-,22-19-,23-20-,30-28-,31-29-,35-34-,38-36-,46-43-,60-57+. The van der Waals surface area contributed by atoms with Crippen LogP contribution in [-0.4, -0.2) is 74.3 Å². The van der Waals surface area contributed by atoms with Gasteiger partial charge in [-0.1, -0.05) is 246 Å². The van der Waals surface area contributed by atoms with Gasteiger partial charge in [-0.15, -0.1) is 0 Å². The molecule has 10 heteroatoms. The lowest BCUT2D eigenvalue weighted by Crippen LogP contribution is -2.47. The van der Waals surface area contributed by atoms with Crippen molar-refractivity contribution in [1.29, 1.82) is 0 Å². The second kappa shape index (κ2) is 57.9. The normalized spacial score (nSPS) is 14.4. The largest absolute Gasteiger partial charge is 0.472 e. The van der Waals surface area contributed by atoms with Crippen LogP contribution in [0.25, 0.3) is 0 Å². The van der Waals surface area contributed by atoms with Crippen LogP contribution >= 0.6 is 7.82 Å². The lowest BCUT2D eigenvalue weighted by Gasteiger charge is -2.27. The molecule has 0 aromatic rings. The molecule has 0 fully saturated rings. The molecule has 1 amide bonds. The van der Waals surface area contributed by atoms with E-state index in [1.165, 1.54) is 109 Å². The molecule has 0 saturated heterocycles. The SMILES string of the molecule is CC/C=C\C/C=C\C/C=C\C/C=C\C/C=C\CCCCCC(=O)NC(COP(=O)(O)OCC[N+](C)(C)C)C(/C=C/CCCCCCCCCCCCC)OC(=O)CCCCCCCCCC/C=C\C/C=C\C/C=C\CCCCC. The highest BCUT2D eigenvalue weighted by atomic mass is 31.2. The summed E-state index contributed by atoms with van der Waals surface area (Å²) in [7, 11) is 1.46. The Morgan fingerprint density at radius 2 is 0.810 bits per heavy atom. The van der Waals surface area contributed by atoms with Crippen molar-refractivity contribution in [3.8, 4) is 0 Å². The van der Waals surface area contributed by atoms with Crippen molar-refractivity contribution in [3.05, 3.63) is 109 Å². The van der Waals surface area contributed by atoms with Crippen LogP contribution < -0.4 is 5.32 Å². The molecule has 0 spiro atoms. The number of nitrogens with one attached hydrogen (secondary N) is 1. The molecular formula is C69H122N2O7P+. The predicted octanol–water partition coefficient (Wildman–Crippen LogP) is 20.1. The molecule has 3 atom stereocenters. The number of phosphoric acid groups is 1. The maximum atomic E-state index is 13.6. The molecule has 0 aromatic carbocycles. The fraction of sp³-hybridized carbons (Fsp3) is 0.710. The van der Waals surface area contributed by atoms with Crippen molar-refractivity contribution in [2.75, 3.05) is 40.9 Å². The summed E-state index contributed by atoms with van der Waals surface area (Å²) in [5.41, 5.74) is 0. The van der Waals surface area contributed by atoms with E-state index in [1.807, 2.05) is 33.3 Å². The smallest absolute Gasteiger partial charge is 0.456 e. The van der Waals surface area contributed by atoms with Crippen LogP contribution in [0.1, 0.15) is 265 Å². The summed E-state index contributed by atoms with van der Waals surface area (Å²) < 4.78 is 30.7. The minimum Gasteiger partial charge on any atom is -0.456 e. The van der Waals surface area contributed by atoms with Crippen molar-refractivity contribution in [2.45, 2.75) is 277 Å². The monoisotopic (exact) mass is 1120 g/mol. The first-order chi connectivity index (χ1) is 38.4. The molecule has 2 N–H and O–H groups in total. The molecule has 0 aliphatic rings. The van der Waals surface area contributed by atoms with Gasteiger partial charge in [0.25, 0.3) is 0 Å². The van der Waals surface area contributed by atoms with Gasteiger partial charge >= 0.3 is 13.8 Å². The molecule has 0 aliphatic carbocycles. The zero-order valence-corrected chi connectivity index (χ0v) is 52.7. The summed E-state index contributed by atoms with van der Waals surface area (Å²) in [6.45, 7) is 6.84. The summed E-state index contributed by atoms with van der Waals surface area (Å²) in [4.78, 5) is 37.8. The number of esters is 1. The average molecular weight is 1120 g/mol. The summed E-state index contributed by atoms with van der Waals surface area (Å²) >= 11 is 0. The molecule has 0 rings (SSSR count). The van der Waals surface area contributed by atoms with Gasteiger partial charge in [-0.2, -0.15) is 0 Å². The summed E-state index contributed by atoms with van der Waals surface area (Å²) in [5.74, 6) is -0.554. The van der Waals surface area contributed by atoms with E-state index >= 15 is 0 Å². The summed E-state index contributed by atoms with van der Waals surface area (Å²) in [6.07, 6.45) is 79.4. The Hall–Kier alpha value is -3.33. The molecule has 3 unspecified atom stereocenters. The summed E-state index contributed by atoms with van der Waals surface area (Å²) in [6, 6.07) is -0.876. The number of unbranched alkanes of at least 4 members (excludes halogenated alkanes) is 25. The van der Waals surface area contributed by atoms with Crippen molar-refractivity contribution in [1.82, 2.24) is 5.32 Å². The Bertz CT molecular complexity index is 1720. The van der Waals surface area contributed by atoms with E-state index in [4.69, 9.17) is 13.8 Å². The molecule has 79 heavy (non-hydrogen) atoms. The van der Waals surface area contributed by atoms with E-state index in [9.17, 15) is 19.0 Å². The van der Waals surface area contributed by atoms with Crippen LogP contribution in [0.4, 0.5) is 0 Å². The van der Waals surface area contributed by atoms with Gasteiger partial charge in [-0.05, 0) is 115 Å². The average Bonchev–Trinajstić information content (AvgIpc) is 3.41. The maximum Gasteiger partial charge on any atom is 0.472 e. The van der Waals surface area contributed by atoms with Crippen LogP contribution in [0.5, 0.6) is 0 Å². The lowest BCUT2D eigenvalue weighted by atomic mass is 10.0. The minimum atomic E-state index is -4.47. The highest BCUT2D eigenvalue weighted by Gasteiger charge is 2.30. The fourth-order valence-electron chi connectivity index (χ4n) is 8.74. The number of rotatable bonds is 57. The number of amides is 1. The van der Waals surface area contributed by atoms with Gasteiger partial charge < -0.3 is 19.4 Å². The number of quaternary nitrogens is 1. The Morgan fingerprint density at radius 3 is 1.25 bits per heavy atom. The zero-order chi connectivity index (χ0) is 57.9. The van der Waals surface area contributed by atoms with E-state index in [1.54, 1.807) is 0 Å². The van der Waals surface area contributed by atoms with E-state index in [-0.39, 0.29) is 37.9 Å². The Morgan fingerprint density at radius 1 is 0.456 bits per heavy atom. The first-order valence-corrected chi connectivity index (χ1v) is 33.7. The molecule has 0 aliphatic heterocycles. The Balaban J connectivity index is 5.33. The number of hydrogen-bond donors (Lipinski definition) is 2. The first-order valence-electron chi connectivity index (χ1n) is 32.2. The highest BCUT2D eigenvalue weighted by molar-refractivity contribution is 7.47. The lowest BCUT2D eigenvalue weighted by molar-refractivity contribution is -0.870. The summed E-state index contributed by atoms with van der Waals surface area (Å²) in [5, 5.41) is 3.04. The second-order valence-corrected chi connectivity index (χ2v) is 24.0. The number of nitrogens with zero attached hydrogens (tertiary/aromatic N) is 1. The molecule has 454 valence electrons. The number of likely N-dealkylation sites (N-methyl/N-ethyl adjacent to an activating group) is 1. The maximum absolute atomic E-state index is 13.6. The van der Waals surface area contributed by atoms with Crippen molar-refractivity contribution in [2.24, 2.45) is 0 Å². The number of phosphoric ester groups is 1. The quantitative estimate of drug-likeness (QED) is 0.0205. The van der Waals surface area contributed by atoms with E-state index in [0.29, 0.717) is 17.4 Å². The van der Waals surface area contributed by atoms with Crippen molar-refractivity contribution >= 4 is 19.7 Å². The second-order valence-electron chi connectivity index (χ2n) is 22.5. The third kappa shape index (κ3) is 59.1. The third-order valence-electron chi connectivity index (χ3n) is 13.7. The molecular weight excluding hydrogens is 1000 g/mol. The number of allylic oxidation sites excluding steroid dienone is 17. The minimum absolute atomic E-state index is 0.0268. The first kappa shape index (κ1) is 75.7. The molecule has 0 saturated carbocycles. The van der Waals surface area contributed by atoms with E-state index < -0.39 is 20.0 Å². The molecule has 0 radical (unpaired) electrons. The number of carbonyl (C=O) groups is 2. The van der Waals surface area contributed by atoms with Crippen molar-refractivity contribution in [3.63, 3.8) is 0 Å². The number of ether oxygens (including phenoxy) is 1. The van der Waals surface area contributed by atoms with Gasteiger partial charge in [0.05, 0.1) is 33.8 Å². The Labute approximate surface area is 487 Å². The van der Waals surface area contributed by atoms with Crippen molar-refractivity contribution < 1.29 is 37.3 Å². The molecule has 0 heterocycles. The third-order valence-corrected chi connectivity index (χ3v) is 14.7. The van der Waals surface area contributed by atoms with E-state index in [2.05, 4.69) is 123 Å². The van der Waals surface area contributed by atoms with Gasteiger partial charge in [0.15, 0.2) is 0 Å².